The van der Waals surface area contributed by atoms with Gasteiger partial charge in [0.15, 0.2) is 5.69 Å². The Morgan fingerprint density at radius 3 is 2.69 bits per heavy atom. The van der Waals surface area contributed by atoms with Gasteiger partial charge in [0.1, 0.15) is 6.04 Å². The van der Waals surface area contributed by atoms with E-state index >= 15 is 0 Å². The van der Waals surface area contributed by atoms with Crippen molar-refractivity contribution in [2.45, 2.75) is 46.2 Å². The highest BCUT2D eigenvalue weighted by Gasteiger charge is 2.32. The predicted molar refractivity (Wildman–Crippen MR) is 107 cm³/mol. The molecule has 0 bridgehead atoms. The average Bonchev–Trinajstić information content (AvgIpc) is 2.89. The molecule has 0 saturated heterocycles. The van der Waals surface area contributed by atoms with Crippen molar-refractivity contribution in [3.05, 3.63) is 41.0 Å². The van der Waals surface area contributed by atoms with Crippen molar-refractivity contribution in [2.24, 2.45) is 11.1 Å². The largest absolute Gasteiger partial charge is 0.368 e. The first kappa shape index (κ1) is 20.2. The average molecular weight is 421 g/mol. The van der Waals surface area contributed by atoms with E-state index in [4.69, 9.17) is 5.73 Å². The fraction of sp³-hybridized carbons (Fsp3) is 0.421. The van der Waals surface area contributed by atoms with Crippen molar-refractivity contribution in [3.63, 3.8) is 0 Å². The van der Waals surface area contributed by atoms with Crippen LogP contribution in [-0.4, -0.2) is 27.6 Å². The maximum Gasteiger partial charge on any atom is 0.273 e. The summed E-state index contributed by atoms with van der Waals surface area (Å²) in [5.41, 5.74) is 6.14. The topological polar surface area (TPSA) is 90.0 Å². The van der Waals surface area contributed by atoms with Crippen LogP contribution in [0.3, 0.4) is 0 Å². The number of primary amides is 1. The molecule has 1 aromatic heterocycles. The van der Waals surface area contributed by atoms with Gasteiger partial charge in [-0.25, -0.2) is 0 Å². The molecule has 0 fully saturated rings. The third kappa shape index (κ3) is 4.52. The number of aromatic nitrogens is 2. The summed E-state index contributed by atoms with van der Waals surface area (Å²) >= 11 is 3.44. The first-order valence-corrected chi connectivity index (χ1v) is 9.31. The standard InChI is InChI=1S/C19H25BrN4O2/c1-5-6-7-10-24-14-9-8-12(20)11-13(14)15(23-24)18(26)22-16(17(21)25)19(2,3)4/h5,8-9,11,16H,1,6-7,10H2,2-4H3,(H2,21,25)(H,22,26)/t16-/m1/s1. The number of halogens is 1. The van der Waals surface area contributed by atoms with Gasteiger partial charge in [-0.15, -0.1) is 6.58 Å². The lowest BCUT2D eigenvalue weighted by Crippen LogP contribution is -2.52. The highest BCUT2D eigenvalue weighted by atomic mass is 79.9. The molecular formula is C19H25BrN4O2. The Balaban J connectivity index is 2.41. The minimum Gasteiger partial charge on any atom is -0.368 e. The van der Waals surface area contributed by atoms with Crippen LogP contribution in [0.15, 0.2) is 35.3 Å². The maximum absolute atomic E-state index is 12.8. The molecule has 26 heavy (non-hydrogen) atoms. The Morgan fingerprint density at radius 2 is 2.12 bits per heavy atom. The molecule has 0 unspecified atom stereocenters. The number of rotatable bonds is 7. The zero-order valence-electron chi connectivity index (χ0n) is 15.4. The van der Waals surface area contributed by atoms with Crippen molar-refractivity contribution < 1.29 is 9.59 Å². The van der Waals surface area contributed by atoms with E-state index in [1.165, 1.54) is 0 Å². The predicted octanol–water partition coefficient (Wildman–Crippen LogP) is 3.39. The van der Waals surface area contributed by atoms with Crippen molar-refractivity contribution in [2.75, 3.05) is 0 Å². The SMILES string of the molecule is C=CCCCn1nc(C(=O)N[C@H](C(N)=O)C(C)(C)C)c2cc(Br)ccc21. The van der Waals surface area contributed by atoms with E-state index in [0.29, 0.717) is 6.54 Å². The monoisotopic (exact) mass is 420 g/mol. The van der Waals surface area contributed by atoms with Crippen LogP contribution in [0.2, 0.25) is 0 Å². The highest BCUT2D eigenvalue weighted by molar-refractivity contribution is 9.10. The maximum atomic E-state index is 12.8. The number of benzene rings is 1. The van der Waals surface area contributed by atoms with Crippen LogP contribution in [0.25, 0.3) is 10.9 Å². The number of allylic oxidation sites excluding steroid dienone is 1. The molecule has 2 amide bonds. The summed E-state index contributed by atoms with van der Waals surface area (Å²) in [4.78, 5) is 24.6. The van der Waals surface area contributed by atoms with Gasteiger partial charge in [-0.05, 0) is 36.5 Å². The highest BCUT2D eigenvalue weighted by Crippen LogP contribution is 2.25. The van der Waals surface area contributed by atoms with Gasteiger partial charge in [0.2, 0.25) is 5.91 Å². The van der Waals surface area contributed by atoms with Crippen molar-refractivity contribution in [3.8, 4) is 0 Å². The number of hydrogen-bond donors (Lipinski definition) is 2. The zero-order chi connectivity index (χ0) is 19.5. The number of nitrogens with zero attached hydrogens (tertiary/aromatic N) is 2. The van der Waals surface area contributed by atoms with Gasteiger partial charge in [0.25, 0.3) is 5.91 Å². The van der Waals surface area contributed by atoms with Gasteiger partial charge in [-0.2, -0.15) is 5.10 Å². The smallest absolute Gasteiger partial charge is 0.273 e. The van der Waals surface area contributed by atoms with Crippen molar-refractivity contribution in [1.82, 2.24) is 15.1 Å². The van der Waals surface area contributed by atoms with Crippen LogP contribution in [0.4, 0.5) is 0 Å². The second-order valence-electron chi connectivity index (χ2n) is 7.34. The molecule has 1 atom stereocenters. The van der Waals surface area contributed by atoms with Crippen LogP contribution in [0, 0.1) is 5.41 Å². The third-order valence-electron chi connectivity index (χ3n) is 4.13. The fourth-order valence-electron chi connectivity index (χ4n) is 2.79. The third-order valence-corrected chi connectivity index (χ3v) is 4.62. The number of nitrogens with two attached hydrogens (primary N) is 1. The van der Waals surface area contributed by atoms with Crippen LogP contribution in [0.1, 0.15) is 44.1 Å². The van der Waals surface area contributed by atoms with Gasteiger partial charge in [0, 0.05) is 16.4 Å². The number of carbonyl (C=O) groups excluding carboxylic acids is 2. The van der Waals surface area contributed by atoms with E-state index in [1.54, 1.807) is 0 Å². The number of carbonyl (C=O) groups is 2. The Labute approximate surface area is 161 Å². The molecule has 0 saturated carbocycles. The number of fused-ring (bicyclic) bond motifs is 1. The summed E-state index contributed by atoms with van der Waals surface area (Å²) in [6, 6.07) is 4.91. The molecule has 0 aliphatic rings. The van der Waals surface area contributed by atoms with Gasteiger partial charge < -0.3 is 11.1 Å². The molecule has 2 rings (SSSR count). The second kappa shape index (κ2) is 8.03. The lowest BCUT2D eigenvalue weighted by molar-refractivity contribution is -0.122. The summed E-state index contributed by atoms with van der Waals surface area (Å²) in [6.45, 7) is 9.96. The Hall–Kier alpha value is -2.15. The first-order chi connectivity index (χ1) is 12.1. The van der Waals surface area contributed by atoms with Gasteiger partial charge in [-0.3, -0.25) is 14.3 Å². The number of hydrogen-bond acceptors (Lipinski definition) is 3. The molecule has 3 N–H and O–H groups in total. The summed E-state index contributed by atoms with van der Waals surface area (Å²) in [6.07, 6.45) is 3.60. The van der Waals surface area contributed by atoms with E-state index in [0.717, 1.165) is 28.2 Å². The number of nitrogens with one attached hydrogen (secondary N) is 1. The van der Waals surface area contributed by atoms with Crippen LogP contribution in [0.5, 0.6) is 0 Å². The molecule has 1 heterocycles. The van der Waals surface area contributed by atoms with Crippen molar-refractivity contribution >= 4 is 38.6 Å². The molecule has 6 nitrogen and oxygen atoms in total. The lowest BCUT2D eigenvalue weighted by Gasteiger charge is -2.28. The minimum atomic E-state index is -0.789. The number of unbranched alkanes of at least 4 members (excludes halogenated alkanes) is 1. The molecule has 2 aromatic rings. The summed E-state index contributed by atoms with van der Waals surface area (Å²) in [7, 11) is 0. The Bertz CT molecular complexity index is 836. The number of amides is 2. The van der Waals surface area contributed by atoms with E-state index in [2.05, 4.69) is 32.9 Å². The van der Waals surface area contributed by atoms with Gasteiger partial charge in [-0.1, -0.05) is 42.8 Å². The summed E-state index contributed by atoms with van der Waals surface area (Å²) < 4.78 is 2.67. The summed E-state index contributed by atoms with van der Waals surface area (Å²) in [5, 5.41) is 7.97. The van der Waals surface area contributed by atoms with Crippen LogP contribution < -0.4 is 11.1 Å². The molecule has 7 heteroatoms. The second-order valence-corrected chi connectivity index (χ2v) is 8.25. The van der Waals surface area contributed by atoms with E-state index in [1.807, 2.05) is 49.7 Å². The van der Waals surface area contributed by atoms with Crippen molar-refractivity contribution in [1.29, 1.82) is 0 Å². The molecule has 0 aliphatic carbocycles. The van der Waals surface area contributed by atoms with E-state index in [-0.39, 0.29) is 5.69 Å². The summed E-state index contributed by atoms with van der Waals surface area (Å²) in [5.74, 6) is -0.976. The molecule has 0 aliphatic heterocycles. The van der Waals surface area contributed by atoms with E-state index < -0.39 is 23.3 Å². The molecule has 0 spiro atoms. The lowest BCUT2D eigenvalue weighted by atomic mass is 9.86. The minimum absolute atomic E-state index is 0.287. The molecule has 0 radical (unpaired) electrons. The Morgan fingerprint density at radius 1 is 1.42 bits per heavy atom. The zero-order valence-corrected chi connectivity index (χ0v) is 17.0. The molecule has 1 aromatic carbocycles. The van der Waals surface area contributed by atoms with E-state index in [9.17, 15) is 9.59 Å². The van der Waals surface area contributed by atoms with Gasteiger partial charge in [0.05, 0.1) is 5.52 Å². The first-order valence-electron chi connectivity index (χ1n) is 8.52. The van der Waals surface area contributed by atoms with Gasteiger partial charge >= 0.3 is 0 Å². The number of aryl methyl sites for hydroxylation is 1. The molecule has 140 valence electrons. The Kier molecular flexibility index (Phi) is 6.23. The normalized spacial score (nSPS) is 12.8. The fourth-order valence-corrected chi connectivity index (χ4v) is 3.15. The van der Waals surface area contributed by atoms with Crippen LogP contribution in [-0.2, 0) is 11.3 Å². The van der Waals surface area contributed by atoms with Crippen LogP contribution >= 0.6 is 15.9 Å². The quantitative estimate of drug-likeness (QED) is 0.531. The molecular weight excluding hydrogens is 396 g/mol.